The molecule has 1 saturated carbocycles. The van der Waals surface area contributed by atoms with E-state index in [2.05, 4.69) is 13.8 Å². The van der Waals surface area contributed by atoms with Crippen molar-refractivity contribution in [3.8, 4) is 5.75 Å². The molecule has 0 bridgehead atoms. The van der Waals surface area contributed by atoms with E-state index in [-0.39, 0.29) is 12.4 Å². The Bertz CT molecular complexity index is 467. The van der Waals surface area contributed by atoms with Crippen LogP contribution in [0.3, 0.4) is 0 Å². The number of aliphatic hydroxyl groups is 1. The number of hydrogen-bond donors (Lipinski definition) is 1. The van der Waals surface area contributed by atoms with Gasteiger partial charge < -0.3 is 9.84 Å². The Morgan fingerprint density at radius 3 is 2.53 bits per heavy atom. The Labute approximate surface area is 114 Å². The molecule has 0 amide bonds. The molecule has 3 heteroatoms. The molecule has 0 spiro atoms. The first kappa shape index (κ1) is 14.1. The van der Waals surface area contributed by atoms with Crippen LogP contribution >= 0.6 is 0 Å². The average molecular weight is 262 g/mol. The molecule has 1 aliphatic carbocycles. The van der Waals surface area contributed by atoms with Gasteiger partial charge in [0, 0.05) is 5.56 Å². The SMILES string of the molecule is COc1ccc(C(=O)C2(CO)CCC2)cc1C(C)C. The van der Waals surface area contributed by atoms with Crippen molar-refractivity contribution in [2.75, 3.05) is 13.7 Å². The predicted octanol–water partition coefficient (Wildman–Crippen LogP) is 3.16. The van der Waals surface area contributed by atoms with Gasteiger partial charge in [-0.25, -0.2) is 0 Å². The molecule has 0 radical (unpaired) electrons. The number of benzene rings is 1. The van der Waals surface area contributed by atoms with Crippen molar-refractivity contribution >= 4 is 5.78 Å². The number of methoxy groups -OCH3 is 1. The minimum atomic E-state index is -0.525. The van der Waals surface area contributed by atoms with Crippen LogP contribution in [0.2, 0.25) is 0 Å². The monoisotopic (exact) mass is 262 g/mol. The lowest BCUT2D eigenvalue weighted by Crippen LogP contribution is -2.41. The van der Waals surface area contributed by atoms with Crippen LogP contribution in [-0.2, 0) is 0 Å². The molecule has 1 aromatic carbocycles. The fourth-order valence-electron chi connectivity index (χ4n) is 2.69. The van der Waals surface area contributed by atoms with Gasteiger partial charge in [-0.05, 0) is 42.5 Å². The minimum Gasteiger partial charge on any atom is -0.496 e. The van der Waals surface area contributed by atoms with Crippen molar-refractivity contribution in [1.82, 2.24) is 0 Å². The van der Waals surface area contributed by atoms with Crippen LogP contribution in [-0.4, -0.2) is 24.6 Å². The third kappa shape index (κ3) is 2.39. The van der Waals surface area contributed by atoms with Gasteiger partial charge in [-0.3, -0.25) is 4.79 Å². The molecule has 1 aromatic rings. The number of ketones is 1. The summed E-state index contributed by atoms with van der Waals surface area (Å²) in [5.41, 5.74) is 1.21. The minimum absolute atomic E-state index is 0.0468. The van der Waals surface area contributed by atoms with E-state index in [0.717, 1.165) is 30.6 Å². The molecule has 0 aliphatic heterocycles. The third-order valence-corrected chi connectivity index (χ3v) is 4.21. The standard InChI is InChI=1S/C16H22O3/c1-11(2)13-9-12(5-6-14(13)19-3)15(18)16(10-17)7-4-8-16/h5-6,9,11,17H,4,7-8,10H2,1-3H3. The van der Waals surface area contributed by atoms with Crippen LogP contribution in [0.1, 0.15) is 54.9 Å². The van der Waals surface area contributed by atoms with E-state index in [1.54, 1.807) is 7.11 Å². The Balaban J connectivity index is 2.35. The summed E-state index contributed by atoms with van der Waals surface area (Å²) in [4.78, 5) is 12.6. The molecular formula is C16H22O3. The highest BCUT2D eigenvalue weighted by Crippen LogP contribution is 2.43. The van der Waals surface area contributed by atoms with Gasteiger partial charge in [-0.2, -0.15) is 0 Å². The third-order valence-electron chi connectivity index (χ3n) is 4.21. The van der Waals surface area contributed by atoms with Gasteiger partial charge in [-0.1, -0.05) is 20.3 Å². The summed E-state index contributed by atoms with van der Waals surface area (Å²) < 4.78 is 5.33. The summed E-state index contributed by atoms with van der Waals surface area (Å²) in [6.45, 7) is 4.11. The molecule has 0 saturated heterocycles. The Morgan fingerprint density at radius 1 is 1.42 bits per heavy atom. The van der Waals surface area contributed by atoms with Gasteiger partial charge in [0.15, 0.2) is 5.78 Å². The predicted molar refractivity (Wildman–Crippen MR) is 74.8 cm³/mol. The van der Waals surface area contributed by atoms with Gasteiger partial charge >= 0.3 is 0 Å². The van der Waals surface area contributed by atoms with Crippen LogP contribution in [0.25, 0.3) is 0 Å². The topological polar surface area (TPSA) is 46.5 Å². The van der Waals surface area contributed by atoms with E-state index >= 15 is 0 Å². The second-order valence-electron chi connectivity index (χ2n) is 5.73. The summed E-state index contributed by atoms with van der Waals surface area (Å²) in [6.07, 6.45) is 2.62. The molecule has 0 atom stereocenters. The highest BCUT2D eigenvalue weighted by Gasteiger charge is 2.43. The summed E-state index contributed by atoms with van der Waals surface area (Å²) in [6, 6.07) is 5.58. The van der Waals surface area contributed by atoms with Crippen molar-refractivity contribution in [1.29, 1.82) is 0 Å². The van der Waals surface area contributed by atoms with Gasteiger partial charge in [0.1, 0.15) is 5.75 Å². The second-order valence-corrected chi connectivity index (χ2v) is 5.73. The molecular weight excluding hydrogens is 240 g/mol. The maximum absolute atomic E-state index is 12.6. The summed E-state index contributed by atoms with van der Waals surface area (Å²) in [7, 11) is 1.64. The average Bonchev–Trinajstić information content (AvgIpc) is 2.37. The summed E-state index contributed by atoms with van der Waals surface area (Å²) >= 11 is 0. The quantitative estimate of drug-likeness (QED) is 0.829. The maximum Gasteiger partial charge on any atom is 0.171 e. The summed E-state index contributed by atoms with van der Waals surface area (Å²) in [5.74, 6) is 1.19. The first-order valence-corrected chi connectivity index (χ1v) is 6.87. The summed E-state index contributed by atoms with van der Waals surface area (Å²) in [5, 5.41) is 9.50. The lowest BCUT2D eigenvalue weighted by Gasteiger charge is -2.38. The number of aliphatic hydroxyl groups excluding tert-OH is 1. The Kier molecular flexibility index (Phi) is 3.95. The number of carbonyl (C=O) groups is 1. The van der Waals surface area contributed by atoms with Crippen molar-refractivity contribution in [3.63, 3.8) is 0 Å². The zero-order valence-electron chi connectivity index (χ0n) is 11.9. The lowest BCUT2D eigenvalue weighted by molar-refractivity contribution is 0.0348. The van der Waals surface area contributed by atoms with Crippen LogP contribution in [0.5, 0.6) is 5.75 Å². The number of Topliss-reactive ketones (excluding diaryl/α,β-unsaturated/α-hetero) is 1. The van der Waals surface area contributed by atoms with Crippen LogP contribution in [0.4, 0.5) is 0 Å². The van der Waals surface area contributed by atoms with E-state index in [4.69, 9.17) is 4.74 Å². The normalized spacial score (nSPS) is 17.1. The molecule has 1 aliphatic rings. The second kappa shape index (κ2) is 5.33. The fourth-order valence-corrected chi connectivity index (χ4v) is 2.69. The zero-order valence-corrected chi connectivity index (χ0v) is 11.9. The molecule has 104 valence electrons. The Morgan fingerprint density at radius 2 is 2.11 bits per heavy atom. The van der Waals surface area contributed by atoms with E-state index in [9.17, 15) is 9.90 Å². The molecule has 0 aromatic heterocycles. The first-order valence-electron chi connectivity index (χ1n) is 6.87. The van der Waals surface area contributed by atoms with E-state index in [0.29, 0.717) is 11.5 Å². The smallest absolute Gasteiger partial charge is 0.171 e. The van der Waals surface area contributed by atoms with E-state index in [1.165, 1.54) is 0 Å². The van der Waals surface area contributed by atoms with Crippen molar-refractivity contribution in [3.05, 3.63) is 29.3 Å². The zero-order chi connectivity index (χ0) is 14.0. The number of hydrogen-bond acceptors (Lipinski definition) is 3. The van der Waals surface area contributed by atoms with Crippen molar-refractivity contribution < 1.29 is 14.6 Å². The van der Waals surface area contributed by atoms with Gasteiger partial charge in [-0.15, -0.1) is 0 Å². The van der Waals surface area contributed by atoms with E-state index in [1.807, 2.05) is 18.2 Å². The first-order chi connectivity index (χ1) is 9.04. The van der Waals surface area contributed by atoms with Gasteiger partial charge in [0.25, 0.3) is 0 Å². The van der Waals surface area contributed by atoms with Crippen LogP contribution < -0.4 is 4.74 Å². The molecule has 19 heavy (non-hydrogen) atoms. The van der Waals surface area contributed by atoms with Gasteiger partial charge in [0.05, 0.1) is 19.1 Å². The van der Waals surface area contributed by atoms with Crippen LogP contribution in [0.15, 0.2) is 18.2 Å². The van der Waals surface area contributed by atoms with Crippen molar-refractivity contribution in [2.45, 2.75) is 39.0 Å². The maximum atomic E-state index is 12.6. The van der Waals surface area contributed by atoms with Crippen molar-refractivity contribution in [2.24, 2.45) is 5.41 Å². The largest absolute Gasteiger partial charge is 0.496 e. The molecule has 0 unspecified atom stereocenters. The molecule has 2 rings (SSSR count). The number of ether oxygens (including phenoxy) is 1. The van der Waals surface area contributed by atoms with Gasteiger partial charge in [0.2, 0.25) is 0 Å². The number of carbonyl (C=O) groups excluding carboxylic acids is 1. The Hall–Kier alpha value is -1.35. The number of rotatable bonds is 5. The van der Waals surface area contributed by atoms with Crippen LogP contribution in [0, 0.1) is 5.41 Å². The molecule has 3 nitrogen and oxygen atoms in total. The van der Waals surface area contributed by atoms with E-state index < -0.39 is 5.41 Å². The lowest BCUT2D eigenvalue weighted by atomic mass is 9.65. The highest BCUT2D eigenvalue weighted by molar-refractivity contribution is 6.01. The molecule has 1 N–H and O–H groups in total. The highest BCUT2D eigenvalue weighted by atomic mass is 16.5. The molecule has 0 heterocycles. The molecule has 1 fully saturated rings. The fraction of sp³-hybridized carbons (Fsp3) is 0.562.